The smallest absolute Gasteiger partial charge is 0.276 e. The van der Waals surface area contributed by atoms with E-state index in [-0.39, 0.29) is 5.91 Å². The molecule has 0 bridgehead atoms. The van der Waals surface area contributed by atoms with Crippen LogP contribution in [0, 0.1) is 5.92 Å². The molecule has 0 aliphatic rings. The summed E-state index contributed by atoms with van der Waals surface area (Å²) in [5, 5.41) is 0.980. The number of nitrogens with two attached hydrogens (primary N) is 1. The molecule has 1 aromatic rings. The van der Waals surface area contributed by atoms with Crippen LogP contribution in [0.1, 0.15) is 28.5 Å². The topological polar surface area (TPSA) is 68.0 Å². The third-order valence-corrected chi connectivity index (χ3v) is 2.51. The van der Waals surface area contributed by atoms with Crippen LogP contribution >= 0.6 is 11.3 Å². The lowest BCUT2D eigenvalue weighted by Crippen LogP contribution is -2.29. The zero-order chi connectivity index (χ0) is 9.84. The molecule has 1 amide bonds. The number of hydrogen-bond acceptors (Lipinski definition) is 4. The number of aromatic nitrogens is 1. The Kier molecular flexibility index (Phi) is 3.39. The van der Waals surface area contributed by atoms with E-state index < -0.39 is 0 Å². The number of amides is 1. The first-order valence-corrected chi connectivity index (χ1v) is 4.90. The summed E-state index contributed by atoms with van der Waals surface area (Å²) in [5.41, 5.74) is 2.08. The van der Waals surface area contributed by atoms with Gasteiger partial charge in [0.25, 0.3) is 5.91 Å². The van der Waals surface area contributed by atoms with Crippen molar-refractivity contribution in [2.24, 2.45) is 11.8 Å². The number of hydrazine groups is 1. The number of nitrogen functional groups attached to an aromatic ring is 1. The minimum absolute atomic E-state index is 0.271. The summed E-state index contributed by atoms with van der Waals surface area (Å²) in [6.45, 7) is 4.23. The highest BCUT2D eigenvalue weighted by Gasteiger charge is 2.09. The normalized spacial score (nSPS) is 10.5. The van der Waals surface area contributed by atoms with E-state index in [9.17, 15) is 4.79 Å². The summed E-state index contributed by atoms with van der Waals surface area (Å²) in [6, 6.07) is 0. The van der Waals surface area contributed by atoms with E-state index in [4.69, 9.17) is 5.84 Å². The molecule has 0 saturated heterocycles. The second kappa shape index (κ2) is 4.34. The second-order valence-corrected chi connectivity index (χ2v) is 4.30. The third kappa shape index (κ3) is 2.78. The third-order valence-electron chi connectivity index (χ3n) is 1.49. The van der Waals surface area contributed by atoms with E-state index in [2.05, 4.69) is 24.3 Å². The average Bonchev–Trinajstić information content (AvgIpc) is 2.50. The molecule has 0 saturated carbocycles. The molecule has 1 aromatic heterocycles. The van der Waals surface area contributed by atoms with Gasteiger partial charge in [0.1, 0.15) is 4.88 Å². The van der Waals surface area contributed by atoms with E-state index >= 15 is 0 Å². The molecule has 0 fully saturated rings. The molecule has 13 heavy (non-hydrogen) atoms. The fraction of sp³-hybridized carbons (Fsp3) is 0.500. The predicted octanol–water partition coefficient (Wildman–Crippen LogP) is 0.945. The van der Waals surface area contributed by atoms with Crippen LogP contribution < -0.4 is 11.3 Å². The van der Waals surface area contributed by atoms with E-state index in [1.54, 1.807) is 6.20 Å². The number of rotatable bonds is 3. The first kappa shape index (κ1) is 10.1. The van der Waals surface area contributed by atoms with Gasteiger partial charge < -0.3 is 0 Å². The molecule has 4 nitrogen and oxygen atoms in total. The summed E-state index contributed by atoms with van der Waals surface area (Å²) in [5.74, 6) is 5.28. The van der Waals surface area contributed by atoms with Gasteiger partial charge in [-0.3, -0.25) is 10.2 Å². The zero-order valence-corrected chi connectivity index (χ0v) is 8.52. The summed E-state index contributed by atoms with van der Waals surface area (Å²) in [6.07, 6.45) is 2.47. The van der Waals surface area contributed by atoms with Crippen molar-refractivity contribution in [1.82, 2.24) is 10.4 Å². The lowest BCUT2D eigenvalue weighted by molar-refractivity contribution is 0.0957. The second-order valence-electron chi connectivity index (χ2n) is 3.19. The molecule has 0 spiro atoms. The van der Waals surface area contributed by atoms with E-state index in [1.807, 2.05) is 0 Å². The highest BCUT2D eigenvalue weighted by atomic mass is 32.1. The Hall–Kier alpha value is -0.940. The molecule has 0 atom stereocenters. The molecule has 5 heteroatoms. The molecule has 1 heterocycles. The number of hydrogen-bond donors (Lipinski definition) is 2. The molecule has 0 radical (unpaired) electrons. The Labute approximate surface area is 81.1 Å². The van der Waals surface area contributed by atoms with Crippen molar-refractivity contribution in [3.8, 4) is 0 Å². The van der Waals surface area contributed by atoms with Gasteiger partial charge in [0.15, 0.2) is 0 Å². The van der Waals surface area contributed by atoms with Crippen LogP contribution in [0.2, 0.25) is 0 Å². The van der Waals surface area contributed by atoms with E-state index in [0.29, 0.717) is 10.8 Å². The summed E-state index contributed by atoms with van der Waals surface area (Å²) in [7, 11) is 0. The standard InChI is InChI=1S/C8H13N3OS/c1-5(2)3-7-10-4-6(13-7)8(12)11-9/h4-5H,3,9H2,1-2H3,(H,11,12). The quantitative estimate of drug-likeness (QED) is 0.432. The van der Waals surface area contributed by atoms with Gasteiger partial charge >= 0.3 is 0 Å². The summed E-state index contributed by atoms with van der Waals surface area (Å²) in [4.78, 5) is 15.7. The number of carbonyl (C=O) groups is 1. The number of thiazole rings is 1. The maximum Gasteiger partial charge on any atom is 0.276 e. The molecule has 0 aromatic carbocycles. The molecule has 0 aliphatic heterocycles. The molecule has 1 rings (SSSR count). The van der Waals surface area contributed by atoms with Crippen LogP contribution in [0.3, 0.4) is 0 Å². The fourth-order valence-corrected chi connectivity index (χ4v) is 1.96. The highest BCUT2D eigenvalue weighted by Crippen LogP contribution is 2.15. The first-order valence-electron chi connectivity index (χ1n) is 4.09. The first-order chi connectivity index (χ1) is 6.13. The van der Waals surface area contributed by atoms with Crippen molar-refractivity contribution in [3.05, 3.63) is 16.1 Å². The minimum atomic E-state index is -0.271. The van der Waals surface area contributed by atoms with Gasteiger partial charge in [-0.25, -0.2) is 10.8 Å². The molecule has 0 unspecified atom stereocenters. The van der Waals surface area contributed by atoms with Crippen LogP contribution in [0.5, 0.6) is 0 Å². The van der Waals surface area contributed by atoms with Gasteiger partial charge in [-0.05, 0) is 5.92 Å². The maximum absolute atomic E-state index is 11.0. The number of carbonyl (C=O) groups excluding carboxylic acids is 1. The van der Waals surface area contributed by atoms with Crippen LogP contribution in [-0.4, -0.2) is 10.9 Å². The van der Waals surface area contributed by atoms with Gasteiger partial charge in [0, 0.05) is 6.42 Å². The maximum atomic E-state index is 11.0. The van der Waals surface area contributed by atoms with Gasteiger partial charge in [0.2, 0.25) is 0 Å². The summed E-state index contributed by atoms with van der Waals surface area (Å²) >= 11 is 1.39. The lowest BCUT2D eigenvalue weighted by atomic mass is 10.1. The van der Waals surface area contributed by atoms with Crippen LogP contribution in [0.15, 0.2) is 6.20 Å². The lowest BCUT2D eigenvalue weighted by Gasteiger charge is -1.98. The van der Waals surface area contributed by atoms with Crippen molar-refractivity contribution in [2.45, 2.75) is 20.3 Å². The summed E-state index contributed by atoms with van der Waals surface area (Å²) < 4.78 is 0. The monoisotopic (exact) mass is 199 g/mol. The molecular formula is C8H13N3OS. The SMILES string of the molecule is CC(C)Cc1ncc(C(=O)NN)s1. The van der Waals surface area contributed by atoms with Crippen molar-refractivity contribution in [1.29, 1.82) is 0 Å². The Bertz CT molecular complexity index is 295. The minimum Gasteiger partial charge on any atom is -0.289 e. The average molecular weight is 199 g/mol. The molecule has 0 aliphatic carbocycles. The van der Waals surface area contributed by atoms with E-state index in [1.165, 1.54) is 11.3 Å². The van der Waals surface area contributed by atoms with Crippen molar-refractivity contribution in [2.75, 3.05) is 0 Å². The fourth-order valence-electron chi connectivity index (χ4n) is 0.930. The van der Waals surface area contributed by atoms with Crippen LogP contribution in [0.25, 0.3) is 0 Å². The zero-order valence-electron chi connectivity index (χ0n) is 7.70. The van der Waals surface area contributed by atoms with Gasteiger partial charge in [-0.1, -0.05) is 13.8 Å². The Morgan fingerprint density at radius 3 is 3.00 bits per heavy atom. The molecule has 3 N–H and O–H groups in total. The highest BCUT2D eigenvalue weighted by molar-refractivity contribution is 7.13. The Morgan fingerprint density at radius 2 is 2.46 bits per heavy atom. The van der Waals surface area contributed by atoms with Gasteiger partial charge in [-0.2, -0.15) is 0 Å². The van der Waals surface area contributed by atoms with Crippen molar-refractivity contribution >= 4 is 17.2 Å². The number of nitrogens with zero attached hydrogens (tertiary/aromatic N) is 1. The van der Waals surface area contributed by atoms with Crippen molar-refractivity contribution < 1.29 is 4.79 Å². The molecular weight excluding hydrogens is 186 g/mol. The van der Waals surface area contributed by atoms with Crippen LogP contribution in [-0.2, 0) is 6.42 Å². The van der Waals surface area contributed by atoms with Crippen molar-refractivity contribution in [3.63, 3.8) is 0 Å². The molecule has 72 valence electrons. The largest absolute Gasteiger partial charge is 0.289 e. The predicted molar refractivity (Wildman–Crippen MR) is 52.3 cm³/mol. The Balaban J connectivity index is 2.69. The van der Waals surface area contributed by atoms with Gasteiger partial charge in [-0.15, -0.1) is 11.3 Å². The van der Waals surface area contributed by atoms with E-state index in [0.717, 1.165) is 11.4 Å². The van der Waals surface area contributed by atoms with Crippen LogP contribution in [0.4, 0.5) is 0 Å². The number of nitrogens with one attached hydrogen (secondary N) is 1. The Morgan fingerprint density at radius 1 is 1.77 bits per heavy atom. The van der Waals surface area contributed by atoms with Gasteiger partial charge in [0.05, 0.1) is 11.2 Å².